The van der Waals surface area contributed by atoms with Crippen molar-refractivity contribution in [2.45, 2.75) is 51.4 Å². The molecule has 2 aromatic rings. The van der Waals surface area contributed by atoms with Crippen LogP contribution >= 0.6 is 48.0 Å². The number of benzene rings is 2. The second-order valence-corrected chi connectivity index (χ2v) is 13.8. The lowest BCUT2D eigenvalue weighted by Gasteiger charge is -2.14. The molecule has 4 amide bonds. The molecule has 46 heavy (non-hydrogen) atoms. The molecule has 4 rings (SSSR count). The molecule has 244 valence electrons. The number of nitrogens with zero attached hydrogens (tertiary/aromatic N) is 2. The molecule has 0 unspecified atom stereocenters. The predicted octanol–water partition coefficient (Wildman–Crippen LogP) is 6.33. The van der Waals surface area contributed by atoms with E-state index in [1.54, 1.807) is 62.8 Å². The van der Waals surface area contributed by atoms with Gasteiger partial charge in [-0.3, -0.25) is 29.0 Å². The average molecular weight is 701 g/mol. The van der Waals surface area contributed by atoms with Crippen molar-refractivity contribution in [1.82, 2.24) is 9.80 Å². The number of thiocarbonyl (C=S) groups is 2. The minimum Gasteiger partial charge on any atom is -0.497 e. The van der Waals surface area contributed by atoms with E-state index in [9.17, 15) is 19.2 Å². The van der Waals surface area contributed by atoms with Crippen LogP contribution in [0.5, 0.6) is 11.5 Å². The van der Waals surface area contributed by atoms with E-state index >= 15 is 0 Å². The molecule has 2 fully saturated rings. The third kappa shape index (κ3) is 9.77. The van der Waals surface area contributed by atoms with Crippen LogP contribution in [-0.4, -0.2) is 69.4 Å². The van der Waals surface area contributed by atoms with E-state index in [2.05, 4.69) is 10.6 Å². The number of hydrogen-bond acceptors (Lipinski definition) is 10. The molecule has 0 atom stereocenters. The van der Waals surface area contributed by atoms with E-state index in [1.165, 1.54) is 9.80 Å². The average Bonchev–Trinajstić information content (AvgIpc) is 3.49. The molecule has 0 radical (unpaired) electrons. The summed E-state index contributed by atoms with van der Waals surface area (Å²) < 4.78 is 11.1. The van der Waals surface area contributed by atoms with Crippen molar-refractivity contribution in [2.24, 2.45) is 0 Å². The summed E-state index contributed by atoms with van der Waals surface area (Å²) in [5.74, 6) is 0.723. The van der Waals surface area contributed by atoms with Gasteiger partial charge in [0.25, 0.3) is 11.8 Å². The zero-order valence-corrected chi connectivity index (χ0v) is 28.9. The third-order valence-corrected chi connectivity index (χ3v) is 10.2. The number of thioether (sulfide) groups is 2. The molecule has 2 saturated heterocycles. The summed E-state index contributed by atoms with van der Waals surface area (Å²) >= 11 is 13.2. The lowest BCUT2D eigenvalue weighted by atomic mass is 10.1. The molecule has 2 aliphatic rings. The first-order valence-corrected chi connectivity index (χ1v) is 17.3. The molecule has 2 aliphatic heterocycles. The van der Waals surface area contributed by atoms with Crippen LogP contribution in [-0.2, 0) is 19.2 Å². The summed E-state index contributed by atoms with van der Waals surface area (Å²) in [6.07, 6.45) is 4.91. The van der Waals surface area contributed by atoms with Crippen molar-refractivity contribution < 1.29 is 28.7 Å². The molecule has 0 aliphatic carbocycles. The van der Waals surface area contributed by atoms with Crippen molar-refractivity contribution in [1.29, 1.82) is 0 Å². The lowest BCUT2D eigenvalue weighted by molar-refractivity contribution is -0.124. The van der Waals surface area contributed by atoms with Gasteiger partial charge in [-0.05, 0) is 74.2 Å². The zero-order valence-electron chi connectivity index (χ0n) is 25.7. The van der Waals surface area contributed by atoms with E-state index in [1.807, 2.05) is 0 Å². The second-order valence-electron chi connectivity index (χ2n) is 10.5. The molecular weight excluding hydrogens is 665 g/mol. The van der Waals surface area contributed by atoms with Crippen LogP contribution in [0.1, 0.15) is 51.4 Å². The number of anilines is 2. The maximum atomic E-state index is 13.2. The number of hydrogen-bond donors (Lipinski definition) is 2. The fraction of sp³-hybridized carbons (Fsp3) is 0.375. The minimum absolute atomic E-state index is 0.0759. The fourth-order valence-corrected chi connectivity index (χ4v) is 7.49. The normalized spacial score (nSPS) is 16.3. The maximum Gasteiger partial charge on any atom is 0.267 e. The number of methoxy groups -OCH3 is 2. The Labute approximate surface area is 288 Å². The van der Waals surface area contributed by atoms with Gasteiger partial charge in [0, 0.05) is 37.3 Å². The van der Waals surface area contributed by atoms with E-state index in [0.29, 0.717) is 81.4 Å². The Morgan fingerprint density at radius 3 is 1.35 bits per heavy atom. The lowest BCUT2D eigenvalue weighted by Crippen LogP contribution is -2.31. The highest BCUT2D eigenvalue weighted by atomic mass is 32.2. The molecule has 0 spiro atoms. The first-order chi connectivity index (χ1) is 22.2. The highest BCUT2D eigenvalue weighted by Crippen LogP contribution is 2.42. The number of nitrogens with one attached hydrogen (secondary N) is 2. The van der Waals surface area contributed by atoms with E-state index < -0.39 is 0 Å². The Morgan fingerprint density at radius 2 is 1.00 bits per heavy atom. The Hall–Kier alpha value is -3.46. The van der Waals surface area contributed by atoms with Crippen LogP contribution in [0.25, 0.3) is 0 Å². The predicted molar refractivity (Wildman–Crippen MR) is 191 cm³/mol. The summed E-state index contributed by atoms with van der Waals surface area (Å²) in [6, 6.07) is 14.3. The Bertz CT molecular complexity index is 1390. The van der Waals surface area contributed by atoms with Gasteiger partial charge in [-0.25, -0.2) is 0 Å². The molecule has 10 nitrogen and oxygen atoms in total. The summed E-state index contributed by atoms with van der Waals surface area (Å²) in [5, 5.41) is 5.73. The standard InChI is InChI=1S/C32H36N4O6S4/c1-41-23-15-11-21(12-16-23)33-25(37)9-5-3-7-19-35-29(39)27(45-31(35)43)28-30(40)36(32(44)46-28)20-8-4-6-10-26(38)34-22-13-17-24(42-2)18-14-22/h11-18H,3-10,19-20H2,1-2H3,(H,33,37)(H,34,38)/b28-27+. The summed E-state index contributed by atoms with van der Waals surface area (Å²) in [6.45, 7) is 0.835. The van der Waals surface area contributed by atoms with Crippen molar-refractivity contribution in [2.75, 3.05) is 37.9 Å². The fourth-order valence-electron chi connectivity index (χ4n) is 4.72. The molecule has 2 aromatic carbocycles. The smallest absolute Gasteiger partial charge is 0.267 e. The SMILES string of the molecule is COc1ccc(NC(=O)CCCCCN2C(=O)/C(=C3\SC(=S)N(CCCCCC(=O)Nc4ccc(OC)cc4)C3=O)SC2=S)cc1. The van der Waals surface area contributed by atoms with E-state index in [0.717, 1.165) is 47.9 Å². The Morgan fingerprint density at radius 1 is 0.630 bits per heavy atom. The van der Waals surface area contributed by atoms with Crippen molar-refractivity contribution >= 4 is 91.6 Å². The quantitative estimate of drug-likeness (QED) is 0.117. The largest absolute Gasteiger partial charge is 0.497 e. The van der Waals surface area contributed by atoms with Gasteiger partial charge in [-0.2, -0.15) is 0 Å². The first-order valence-electron chi connectivity index (χ1n) is 14.9. The molecular formula is C32H36N4O6S4. The second kappa shape index (κ2) is 17.5. The number of carbonyl (C=O) groups excluding carboxylic acids is 4. The minimum atomic E-state index is -0.282. The van der Waals surface area contributed by atoms with Crippen molar-refractivity contribution in [3.63, 3.8) is 0 Å². The van der Waals surface area contributed by atoms with Gasteiger partial charge in [0.2, 0.25) is 11.8 Å². The Balaban J connectivity index is 1.16. The van der Waals surface area contributed by atoms with Gasteiger partial charge >= 0.3 is 0 Å². The van der Waals surface area contributed by atoms with Gasteiger partial charge in [-0.15, -0.1) is 0 Å². The van der Waals surface area contributed by atoms with Crippen LogP contribution in [0.3, 0.4) is 0 Å². The van der Waals surface area contributed by atoms with Crippen LogP contribution in [0.2, 0.25) is 0 Å². The van der Waals surface area contributed by atoms with Crippen molar-refractivity contribution in [3.05, 3.63) is 58.3 Å². The summed E-state index contributed by atoms with van der Waals surface area (Å²) in [4.78, 5) is 54.7. The number of unbranched alkanes of at least 4 members (excludes halogenated alkanes) is 4. The summed E-state index contributed by atoms with van der Waals surface area (Å²) in [5.41, 5.74) is 1.42. The molecule has 14 heteroatoms. The monoisotopic (exact) mass is 700 g/mol. The van der Waals surface area contributed by atoms with E-state index in [4.69, 9.17) is 33.9 Å². The number of amides is 4. The highest BCUT2D eigenvalue weighted by molar-refractivity contribution is 8.29. The van der Waals surface area contributed by atoms with Gasteiger partial charge in [-0.1, -0.05) is 60.8 Å². The van der Waals surface area contributed by atoms with Crippen LogP contribution < -0.4 is 20.1 Å². The van der Waals surface area contributed by atoms with E-state index in [-0.39, 0.29) is 23.6 Å². The van der Waals surface area contributed by atoms with Crippen LogP contribution in [0.15, 0.2) is 58.3 Å². The van der Waals surface area contributed by atoms with Gasteiger partial charge in [0.05, 0.1) is 24.0 Å². The number of carbonyl (C=O) groups is 4. The maximum absolute atomic E-state index is 13.2. The molecule has 2 heterocycles. The molecule has 0 bridgehead atoms. The Kier molecular flexibility index (Phi) is 13.4. The topological polar surface area (TPSA) is 117 Å². The highest BCUT2D eigenvalue weighted by Gasteiger charge is 2.41. The number of rotatable bonds is 16. The molecule has 2 N–H and O–H groups in total. The summed E-state index contributed by atoms with van der Waals surface area (Å²) in [7, 11) is 3.18. The van der Waals surface area contributed by atoms with Gasteiger partial charge in [0.15, 0.2) is 0 Å². The third-order valence-electron chi connectivity index (χ3n) is 7.22. The van der Waals surface area contributed by atoms with Gasteiger partial charge < -0.3 is 20.1 Å². The van der Waals surface area contributed by atoms with Crippen LogP contribution in [0, 0.1) is 0 Å². The van der Waals surface area contributed by atoms with Crippen LogP contribution in [0.4, 0.5) is 11.4 Å². The molecule has 0 saturated carbocycles. The van der Waals surface area contributed by atoms with Crippen molar-refractivity contribution in [3.8, 4) is 11.5 Å². The number of ether oxygens (including phenoxy) is 2. The molecule has 0 aromatic heterocycles. The zero-order chi connectivity index (χ0) is 33.1. The first kappa shape index (κ1) is 35.4. The van der Waals surface area contributed by atoms with Gasteiger partial charge in [0.1, 0.15) is 20.1 Å².